The van der Waals surface area contributed by atoms with Crippen molar-refractivity contribution in [2.24, 2.45) is 0 Å². The quantitative estimate of drug-likeness (QED) is 0.850. The van der Waals surface area contributed by atoms with Crippen LogP contribution in [0.2, 0.25) is 0 Å². The van der Waals surface area contributed by atoms with E-state index in [0.29, 0.717) is 0 Å². The average Bonchev–Trinajstić information content (AvgIpc) is 2.91. The summed E-state index contributed by atoms with van der Waals surface area (Å²) in [7, 11) is 0. The van der Waals surface area contributed by atoms with Gasteiger partial charge in [-0.2, -0.15) is 0 Å². The molecule has 0 spiro atoms. The Morgan fingerprint density at radius 1 is 1.24 bits per heavy atom. The van der Waals surface area contributed by atoms with Crippen LogP contribution in [0.3, 0.4) is 0 Å². The Balaban J connectivity index is 2.26. The molecule has 4 nitrogen and oxygen atoms in total. The second kappa shape index (κ2) is 7.36. The fourth-order valence-corrected chi connectivity index (χ4v) is 2.69. The molecule has 4 heteroatoms. The van der Waals surface area contributed by atoms with Gasteiger partial charge in [-0.05, 0) is 44.4 Å². The topological polar surface area (TPSA) is 42.7 Å². The Labute approximate surface area is 127 Å². The van der Waals surface area contributed by atoms with Crippen LogP contribution in [0, 0.1) is 13.8 Å². The highest BCUT2D eigenvalue weighted by atomic mass is 15.4. The molecule has 1 unspecified atom stereocenters. The van der Waals surface area contributed by atoms with Crippen molar-refractivity contribution in [3.05, 3.63) is 46.8 Å². The molecule has 1 N–H and O–H groups in total. The van der Waals surface area contributed by atoms with Gasteiger partial charge in [-0.15, -0.1) is 5.10 Å². The zero-order valence-electron chi connectivity index (χ0n) is 13.6. The number of hydrogen-bond acceptors (Lipinski definition) is 3. The number of benzene rings is 1. The van der Waals surface area contributed by atoms with Gasteiger partial charge in [-0.3, -0.25) is 0 Å². The lowest BCUT2D eigenvalue weighted by Gasteiger charge is -2.20. The van der Waals surface area contributed by atoms with E-state index in [-0.39, 0.29) is 6.04 Å². The van der Waals surface area contributed by atoms with Crippen molar-refractivity contribution in [3.63, 3.8) is 0 Å². The molecule has 0 aliphatic rings. The lowest BCUT2D eigenvalue weighted by Crippen LogP contribution is -2.26. The number of aryl methyl sites for hydroxylation is 3. The lowest BCUT2D eigenvalue weighted by atomic mass is 9.97. The molecular formula is C17H26N4. The first-order valence-corrected chi connectivity index (χ1v) is 7.83. The Bertz CT molecular complexity index is 574. The van der Waals surface area contributed by atoms with Gasteiger partial charge in [0.25, 0.3) is 0 Å². The molecule has 1 aromatic heterocycles. The van der Waals surface area contributed by atoms with Crippen LogP contribution < -0.4 is 5.32 Å². The number of likely N-dealkylation sites (N-methyl/N-ethyl adjacent to an activating group) is 1. The highest BCUT2D eigenvalue weighted by Crippen LogP contribution is 2.21. The van der Waals surface area contributed by atoms with Gasteiger partial charge in [-0.25, -0.2) is 4.68 Å². The second-order valence-corrected chi connectivity index (χ2v) is 5.63. The Morgan fingerprint density at radius 3 is 2.76 bits per heavy atom. The summed E-state index contributed by atoms with van der Waals surface area (Å²) < 4.78 is 2.03. The SMILES string of the molecule is CCCn1nncc1C(Cc1cc(C)ccc1C)NCC. The van der Waals surface area contributed by atoms with E-state index in [1.54, 1.807) is 0 Å². The van der Waals surface area contributed by atoms with Crippen LogP contribution in [0.25, 0.3) is 0 Å². The molecule has 0 amide bonds. The van der Waals surface area contributed by atoms with E-state index in [1.807, 2.05) is 10.9 Å². The third-order valence-electron chi connectivity index (χ3n) is 3.82. The summed E-state index contributed by atoms with van der Waals surface area (Å²) in [5.74, 6) is 0. The van der Waals surface area contributed by atoms with Crippen LogP contribution in [-0.2, 0) is 13.0 Å². The summed E-state index contributed by atoms with van der Waals surface area (Å²) in [5, 5.41) is 11.9. The Kier molecular flexibility index (Phi) is 5.51. The van der Waals surface area contributed by atoms with Gasteiger partial charge in [0.15, 0.2) is 0 Å². The van der Waals surface area contributed by atoms with Crippen LogP contribution in [0.5, 0.6) is 0 Å². The molecule has 2 rings (SSSR count). The van der Waals surface area contributed by atoms with E-state index >= 15 is 0 Å². The highest BCUT2D eigenvalue weighted by molar-refractivity contribution is 5.31. The van der Waals surface area contributed by atoms with E-state index in [4.69, 9.17) is 0 Å². The van der Waals surface area contributed by atoms with Crippen LogP contribution in [0.15, 0.2) is 24.4 Å². The molecule has 114 valence electrons. The van der Waals surface area contributed by atoms with E-state index in [9.17, 15) is 0 Å². The maximum Gasteiger partial charge on any atom is 0.0759 e. The zero-order valence-corrected chi connectivity index (χ0v) is 13.6. The largest absolute Gasteiger partial charge is 0.309 e. The molecule has 0 saturated heterocycles. The minimum atomic E-state index is 0.261. The Hall–Kier alpha value is -1.68. The number of rotatable bonds is 7. The van der Waals surface area contributed by atoms with E-state index in [1.165, 1.54) is 22.4 Å². The minimum Gasteiger partial charge on any atom is -0.309 e. The third-order valence-corrected chi connectivity index (χ3v) is 3.82. The molecule has 0 saturated carbocycles. The maximum atomic E-state index is 4.22. The highest BCUT2D eigenvalue weighted by Gasteiger charge is 2.17. The minimum absolute atomic E-state index is 0.261. The summed E-state index contributed by atoms with van der Waals surface area (Å²) in [6, 6.07) is 6.92. The van der Waals surface area contributed by atoms with Crippen molar-refractivity contribution in [2.75, 3.05) is 6.54 Å². The molecule has 1 atom stereocenters. The average molecular weight is 286 g/mol. The lowest BCUT2D eigenvalue weighted by molar-refractivity contribution is 0.473. The molecule has 0 bridgehead atoms. The fourth-order valence-electron chi connectivity index (χ4n) is 2.69. The number of aromatic nitrogens is 3. The second-order valence-electron chi connectivity index (χ2n) is 5.63. The first-order chi connectivity index (χ1) is 10.2. The van der Waals surface area contributed by atoms with E-state index < -0.39 is 0 Å². The van der Waals surface area contributed by atoms with Crippen molar-refractivity contribution < 1.29 is 0 Å². The van der Waals surface area contributed by atoms with Crippen LogP contribution in [-0.4, -0.2) is 21.5 Å². The van der Waals surface area contributed by atoms with Crippen molar-refractivity contribution in [1.29, 1.82) is 0 Å². The molecule has 0 radical (unpaired) electrons. The molecular weight excluding hydrogens is 260 g/mol. The van der Waals surface area contributed by atoms with Crippen LogP contribution >= 0.6 is 0 Å². The van der Waals surface area contributed by atoms with Gasteiger partial charge in [-0.1, -0.05) is 42.8 Å². The van der Waals surface area contributed by atoms with Gasteiger partial charge < -0.3 is 5.32 Å². The normalized spacial score (nSPS) is 12.6. The van der Waals surface area contributed by atoms with Gasteiger partial charge in [0.2, 0.25) is 0 Å². The molecule has 2 aromatic rings. The van der Waals surface area contributed by atoms with Crippen molar-refractivity contribution in [2.45, 2.75) is 53.1 Å². The molecule has 0 aliphatic heterocycles. The monoisotopic (exact) mass is 286 g/mol. The van der Waals surface area contributed by atoms with E-state index in [0.717, 1.165) is 25.9 Å². The fraction of sp³-hybridized carbons (Fsp3) is 0.529. The number of nitrogens with zero attached hydrogens (tertiary/aromatic N) is 3. The standard InChI is InChI=1S/C17H26N4/c1-5-9-21-17(12-19-20-21)16(18-6-2)11-15-10-13(3)7-8-14(15)4/h7-8,10,12,16,18H,5-6,9,11H2,1-4H3. The number of nitrogens with one attached hydrogen (secondary N) is 1. The predicted octanol–water partition coefficient (Wildman–Crippen LogP) is 3.20. The Morgan fingerprint density at radius 2 is 2.05 bits per heavy atom. The van der Waals surface area contributed by atoms with Crippen LogP contribution in [0.4, 0.5) is 0 Å². The van der Waals surface area contributed by atoms with Gasteiger partial charge >= 0.3 is 0 Å². The predicted molar refractivity (Wildman–Crippen MR) is 86.4 cm³/mol. The molecule has 21 heavy (non-hydrogen) atoms. The maximum absolute atomic E-state index is 4.22. The summed E-state index contributed by atoms with van der Waals surface area (Å²) in [5.41, 5.74) is 5.23. The molecule has 1 heterocycles. The molecule has 0 aliphatic carbocycles. The summed E-state index contributed by atoms with van der Waals surface area (Å²) in [6.45, 7) is 10.5. The molecule has 0 fully saturated rings. The zero-order chi connectivity index (χ0) is 15.2. The van der Waals surface area contributed by atoms with Gasteiger partial charge in [0, 0.05) is 6.54 Å². The third kappa shape index (κ3) is 3.91. The molecule has 1 aromatic carbocycles. The van der Waals surface area contributed by atoms with Gasteiger partial charge in [0.05, 0.1) is 17.9 Å². The summed E-state index contributed by atoms with van der Waals surface area (Å²) in [4.78, 5) is 0. The van der Waals surface area contributed by atoms with Crippen molar-refractivity contribution >= 4 is 0 Å². The van der Waals surface area contributed by atoms with Crippen LogP contribution in [0.1, 0.15) is 48.7 Å². The van der Waals surface area contributed by atoms with Crippen molar-refractivity contribution in [3.8, 4) is 0 Å². The van der Waals surface area contributed by atoms with Gasteiger partial charge in [0.1, 0.15) is 0 Å². The van der Waals surface area contributed by atoms with Crippen molar-refractivity contribution in [1.82, 2.24) is 20.3 Å². The smallest absolute Gasteiger partial charge is 0.0759 e. The first kappa shape index (κ1) is 15.7. The summed E-state index contributed by atoms with van der Waals surface area (Å²) in [6.07, 6.45) is 3.94. The summed E-state index contributed by atoms with van der Waals surface area (Å²) >= 11 is 0. The number of hydrogen-bond donors (Lipinski definition) is 1. The van der Waals surface area contributed by atoms with E-state index in [2.05, 4.69) is 61.5 Å². The first-order valence-electron chi connectivity index (χ1n) is 7.83.